The quantitative estimate of drug-likeness (QED) is 0.559. The number of hydrogen-bond acceptors (Lipinski definition) is 6. The largest absolute Gasteiger partial charge is 0.448 e. The zero-order valence-electron chi connectivity index (χ0n) is 15.7. The van der Waals surface area contributed by atoms with Crippen LogP contribution in [-0.2, 0) is 19.6 Å². The number of nitrogens with one attached hydrogen (secondary N) is 2. The molecule has 0 aliphatic heterocycles. The van der Waals surface area contributed by atoms with Gasteiger partial charge in [-0.05, 0) is 43.5 Å². The number of carbonyl (C=O) groups excluding carboxylic acids is 3. The Morgan fingerprint density at radius 3 is 2.11 bits per heavy atom. The molecule has 4 N–H and O–H groups in total. The first-order valence-corrected chi connectivity index (χ1v) is 9.90. The van der Waals surface area contributed by atoms with Crippen LogP contribution in [0.25, 0.3) is 0 Å². The molecule has 27 heavy (non-hydrogen) atoms. The molecular weight excluding hydrogens is 374 g/mol. The lowest BCUT2D eigenvalue weighted by atomic mass is 10.1. The number of benzene rings is 1. The second-order valence-electron chi connectivity index (χ2n) is 6.38. The summed E-state index contributed by atoms with van der Waals surface area (Å²) < 4.78 is 32.1. The van der Waals surface area contributed by atoms with Gasteiger partial charge in [0.05, 0.1) is 10.5 Å². The van der Waals surface area contributed by atoms with Gasteiger partial charge in [0.15, 0.2) is 6.10 Å². The molecule has 2 unspecified atom stereocenters. The van der Waals surface area contributed by atoms with Crippen LogP contribution in [0.5, 0.6) is 0 Å². The smallest absolute Gasteiger partial charge is 0.338 e. The average Bonchev–Trinajstić information content (AvgIpc) is 2.58. The van der Waals surface area contributed by atoms with Crippen LogP contribution in [0.4, 0.5) is 4.79 Å². The van der Waals surface area contributed by atoms with Gasteiger partial charge in [-0.2, -0.15) is 0 Å². The highest BCUT2D eigenvalue weighted by atomic mass is 32.2. The molecule has 1 aromatic carbocycles. The van der Waals surface area contributed by atoms with Crippen LogP contribution in [-0.4, -0.2) is 38.5 Å². The Morgan fingerprint density at radius 1 is 1.11 bits per heavy atom. The van der Waals surface area contributed by atoms with Crippen molar-refractivity contribution in [1.82, 2.24) is 10.0 Å². The molecule has 3 amide bonds. The third kappa shape index (κ3) is 6.65. The molecule has 1 aromatic rings. The standard InChI is InChI=1S/C17H25N3O6S/c1-5-11(4)20-27(24,25)13-8-6-12(7-9-13)16(22)26-14(10(2)3)15(21)19-17(18)23/h6-11,14,20H,5H2,1-4H3,(H3,18,19,21,23). The Kier molecular flexibility index (Phi) is 7.92. The number of imide groups is 1. The van der Waals surface area contributed by atoms with Gasteiger partial charge in [-0.3, -0.25) is 10.1 Å². The summed E-state index contributed by atoms with van der Waals surface area (Å²) in [5.41, 5.74) is 4.97. The third-order valence-corrected chi connectivity index (χ3v) is 5.32. The number of esters is 1. The van der Waals surface area contributed by atoms with Crippen LogP contribution in [0.1, 0.15) is 44.5 Å². The highest BCUT2D eigenvalue weighted by molar-refractivity contribution is 7.89. The maximum atomic E-state index is 12.3. The molecule has 150 valence electrons. The number of sulfonamides is 1. The number of nitrogens with two attached hydrogens (primary N) is 1. The number of primary amides is 1. The molecule has 9 nitrogen and oxygen atoms in total. The van der Waals surface area contributed by atoms with Gasteiger partial charge >= 0.3 is 12.0 Å². The van der Waals surface area contributed by atoms with Crippen LogP contribution in [0, 0.1) is 5.92 Å². The lowest BCUT2D eigenvalue weighted by molar-refractivity contribution is -0.130. The Balaban J connectivity index is 2.92. The maximum absolute atomic E-state index is 12.3. The SMILES string of the molecule is CCC(C)NS(=O)(=O)c1ccc(C(=O)OC(C(=O)NC(N)=O)C(C)C)cc1. The zero-order valence-corrected chi connectivity index (χ0v) is 16.5. The van der Waals surface area contributed by atoms with Crippen molar-refractivity contribution >= 4 is 27.9 Å². The molecule has 0 spiro atoms. The van der Waals surface area contributed by atoms with E-state index in [9.17, 15) is 22.8 Å². The number of hydrogen-bond donors (Lipinski definition) is 3. The van der Waals surface area contributed by atoms with E-state index in [-0.39, 0.29) is 16.5 Å². The highest BCUT2D eigenvalue weighted by Crippen LogP contribution is 2.15. The van der Waals surface area contributed by atoms with E-state index in [4.69, 9.17) is 10.5 Å². The van der Waals surface area contributed by atoms with E-state index in [1.54, 1.807) is 20.8 Å². The van der Waals surface area contributed by atoms with E-state index < -0.39 is 40.0 Å². The zero-order chi connectivity index (χ0) is 20.8. The number of amides is 3. The topological polar surface area (TPSA) is 145 Å². The average molecular weight is 399 g/mol. The molecule has 0 aliphatic carbocycles. The van der Waals surface area contributed by atoms with Gasteiger partial charge in [0.1, 0.15) is 0 Å². The fraction of sp³-hybridized carbons (Fsp3) is 0.471. The molecule has 2 atom stereocenters. The predicted octanol–water partition coefficient (Wildman–Crippen LogP) is 1.14. The lowest BCUT2D eigenvalue weighted by Crippen LogP contribution is -2.45. The second-order valence-corrected chi connectivity index (χ2v) is 8.09. The van der Waals surface area contributed by atoms with Gasteiger partial charge in [0.2, 0.25) is 10.0 Å². The summed E-state index contributed by atoms with van der Waals surface area (Å²) >= 11 is 0. The minimum atomic E-state index is -3.70. The molecule has 10 heteroatoms. The fourth-order valence-electron chi connectivity index (χ4n) is 2.05. The second kappa shape index (κ2) is 9.47. The molecule has 0 aliphatic rings. The number of ether oxygens (including phenoxy) is 1. The minimum absolute atomic E-state index is 0.00577. The van der Waals surface area contributed by atoms with Gasteiger partial charge in [0, 0.05) is 6.04 Å². The Hall–Kier alpha value is -2.46. The minimum Gasteiger partial charge on any atom is -0.448 e. The lowest BCUT2D eigenvalue weighted by Gasteiger charge is -2.20. The van der Waals surface area contributed by atoms with Gasteiger partial charge in [0.25, 0.3) is 5.91 Å². The number of carbonyl (C=O) groups is 3. The summed E-state index contributed by atoms with van der Waals surface area (Å²) in [5.74, 6) is -2.07. The van der Waals surface area contributed by atoms with E-state index in [1.165, 1.54) is 24.3 Å². The fourth-order valence-corrected chi connectivity index (χ4v) is 3.38. The molecule has 0 bridgehead atoms. The summed E-state index contributed by atoms with van der Waals surface area (Å²) in [7, 11) is -3.70. The molecule has 0 saturated carbocycles. The third-order valence-electron chi connectivity index (χ3n) is 3.71. The summed E-state index contributed by atoms with van der Waals surface area (Å²) in [4.78, 5) is 35.0. The van der Waals surface area contributed by atoms with E-state index >= 15 is 0 Å². The van der Waals surface area contributed by atoms with Gasteiger partial charge < -0.3 is 10.5 Å². The normalized spacial score (nSPS) is 13.7. The summed E-state index contributed by atoms with van der Waals surface area (Å²) in [6, 6.07) is 3.85. The van der Waals surface area contributed by atoms with Crippen molar-refractivity contribution in [2.45, 2.75) is 51.2 Å². The molecule has 0 fully saturated rings. The van der Waals surface area contributed by atoms with Crippen molar-refractivity contribution in [3.8, 4) is 0 Å². The predicted molar refractivity (Wildman–Crippen MR) is 98.3 cm³/mol. The Bertz CT molecular complexity index is 789. The van der Waals surface area contributed by atoms with Crippen LogP contribution >= 0.6 is 0 Å². The monoisotopic (exact) mass is 399 g/mol. The van der Waals surface area contributed by atoms with Crippen molar-refractivity contribution < 1.29 is 27.5 Å². The number of urea groups is 1. The van der Waals surface area contributed by atoms with E-state index in [1.807, 2.05) is 12.2 Å². The van der Waals surface area contributed by atoms with Crippen LogP contribution < -0.4 is 15.8 Å². The van der Waals surface area contributed by atoms with Gasteiger partial charge in [-0.1, -0.05) is 20.8 Å². The highest BCUT2D eigenvalue weighted by Gasteiger charge is 2.28. The van der Waals surface area contributed by atoms with E-state index in [2.05, 4.69) is 4.72 Å². The summed E-state index contributed by atoms with van der Waals surface area (Å²) in [6.07, 6.45) is -0.589. The van der Waals surface area contributed by atoms with Crippen molar-refractivity contribution in [1.29, 1.82) is 0 Å². The first-order chi connectivity index (χ1) is 12.5. The molecule has 1 rings (SSSR count). The first kappa shape index (κ1) is 22.6. The van der Waals surface area contributed by atoms with Crippen LogP contribution in [0.15, 0.2) is 29.2 Å². The summed E-state index contributed by atoms with van der Waals surface area (Å²) in [5, 5.41) is 1.87. The molecule has 0 heterocycles. The van der Waals surface area contributed by atoms with Crippen molar-refractivity contribution in [2.75, 3.05) is 0 Å². The van der Waals surface area contributed by atoms with Gasteiger partial charge in [-0.15, -0.1) is 0 Å². The molecule has 0 aromatic heterocycles. The molecular formula is C17H25N3O6S. The first-order valence-electron chi connectivity index (χ1n) is 8.41. The Labute approximate surface area is 158 Å². The van der Waals surface area contributed by atoms with Gasteiger partial charge in [-0.25, -0.2) is 22.7 Å². The van der Waals surface area contributed by atoms with Crippen molar-refractivity contribution in [3.63, 3.8) is 0 Å². The molecule has 0 saturated heterocycles. The summed E-state index contributed by atoms with van der Waals surface area (Å²) in [6.45, 7) is 6.86. The van der Waals surface area contributed by atoms with Crippen molar-refractivity contribution in [2.24, 2.45) is 11.7 Å². The van der Waals surface area contributed by atoms with Crippen LogP contribution in [0.3, 0.4) is 0 Å². The maximum Gasteiger partial charge on any atom is 0.338 e. The Morgan fingerprint density at radius 2 is 1.67 bits per heavy atom. The van der Waals surface area contributed by atoms with E-state index in [0.717, 1.165) is 0 Å². The van der Waals surface area contributed by atoms with Crippen molar-refractivity contribution in [3.05, 3.63) is 29.8 Å². The number of rotatable bonds is 8. The molecule has 0 radical (unpaired) electrons. The van der Waals surface area contributed by atoms with E-state index in [0.29, 0.717) is 6.42 Å². The van der Waals surface area contributed by atoms with Crippen LogP contribution in [0.2, 0.25) is 0 Å².